The summed E-state index contributed by atoms with van der Waals surface area (Å²) in [7, 11) is 0. The number of halogens is 1. The lowest BCUT2D eigenvalue weighted by molar-refractivity contribution is -0.157. The molecule has 0 aliphatic carbocycles. The third-order valence-electron chi connectivity index (χ3n) is 4.80. The predicted octanol–water partition coefficient (Wildman–Crippen LogP) is 3.09. The topological polar surface area (TPSA) is 88.8 Å². The van der Waals surface area contributed by atoms with Gasteiger partial charge in [0.05, 0.1) is 22.3 Å². The minimum Gasteiger partial charge on any atom is -0.481 e. The number of carbonyl (C=O) groups is 2. The number of amides is 1. The lowest BCUT2D eigenvalue weighted by Gasteiger charge is -2.38. The van der Waals surface area contributed by atoms with Crippen molar-refractivity contribution in [3.05, 3.63) is 35.0 Å². The van der Waals surface area contributed by atoms with Crippen LogP contribution in [0.25, 0.3) is 11.0 Å². The largest absolute Gasteiger partial charge is 0.481 e. The van der Waals surface area contributed by atoms with E-state index >= 15 is 0 Å². The summed E-state index contributed by atoms with van der Waals surface area (Å²) in [6.07, 6.45) is 2.20. The van der Waals surface area contributed by atoms with E-state index in [1.54, 1.807) is 25.1 Å². The van der Waals surface area contributed by atoms with E-state index in [0.29, 0.717) is 47.6 Å². The summed E-state index contributed by atoms with van der Waals surface area (Å²) in [5.41, 5.74) is -0.172. The normalized spacial score (nSPS) is 18.2. The Bertz CT molecular complexity index is 778. The van der Waals surface area contributed by atoms with Crippen molar-refractivity contribution >= 4 is 34.4 Å². The molecule has 2 aromatic rings. The molecular weight excluding hydrogens is 334 g/mol. The fourth-order valence-electron chi connectivity index (χ4n) is 3.21. The molecule has 1 aliphatic heterocycles. The standard InChI is InChI=1S/C17H18ClNO5/c1-10(17(16(21)22)5-8-23-9-6-17)19-15(20)12-2-3-13(18)14-11(12)4-7-24-14/h2-4,7,10H,5-6,8-9H2,1H3,(H,19,20)(H,21,22). The molecule has 1 saturated heterocycles. The lowest BCUT2D eigenvalue weighted by atomic mass is 9.74. The van der Waals surface area contributed by atoms with Crippen molar-refractivity contribution in [3.63, 3.8) is 0 Å². The van der Waals surface area contributed by atoms with Crippen LogP contribution in [-0.4, -0.2) is 36.2 Å². The van der Waals surface area contributed by atoms with Gasteiger partial charge in [-0.05, 0) is 38.0 Å². The van der Waals surface area contributed by atoms with Crippen molar-refractivity contribution < 1.29 is 23.8 Å². The Morgan fingerprint density at radius 3 is 2.67 bits per heavy atom. The van der Waals surface area contributed by atoms with Gasteiger partial charge < -0.3 is 19.6 Å². The molecule has 2 heterocycles. The van der Waals surface area contributed by atoms with Crippen LogP contribution in [0.5, 0.6) is 0 Å². The Morgan fingerprint density at radius 1 is 1.29 bits per heavy atom. The minimum atomic E-state index is -1.02. The van der Waals surface area contributed by atoms with Gasteiger partial charge in [0.2, 0.25) is 0 Å². The fourth-order valence-corrected chi connectivity index (χ4v) is 3.42. The number of aliphatic carboxylic acids is 1. The van der Waals surface area contributed by atoms with Gasteiger partial charge in [-0.25, -0.2) is 0 Å². The van der Waals surface area contributed by atoms with E-state index in [2.05, 4.69) is 5.32 Å². The Labute approximate surface area is 143 Å². The number of carboxylic acids is 1. The molecule has 6 nitrogen and oxygen atoms in total. The molecule has 1 aliphatic rings. The summed E-state index contributed by atoms with van der Waals surface area (Å²) in [6.45, 7) is 2.47. The van der Waals surface area contributed by atoms with Gasteiger partial charge in [-0.15, -0.1) is 0 Å². The Hall–Kier alpha value is -2.05. The zero-order chi connectivity index (χ0) is 17.3. The highest BCUT2D eigenvalue weighted by Gasteiger charge is 2.45. The summed E-state index contributed by atoms with van der Waals surface area (Å²) in [5, 5.41) is 13.5. The SMILES string of the molecule is CC(NC(=O)c1ccc(Cl)c2occc12)C1(C(=O)O)CCOCC1. The molecule has 2 N–H and O–H groups in total. The van der Waals surface area contributed by atoms with Crippen molar-refractivity contribution in [2.45, 2.75) is 25.8 Å². The maximum absolute atomic E-state index is 12.7. The fraction of sp³-hybridized carbons (Fsp3) is 0.412. The van der Waals surface area contributed by atoms with E-state index in [9.17, 15) is 14.7 Å². The zero-order valence-corrected chi connectivity index (χ0v) is 13.9. The van der Waals surface area contributed by atoms with Gasteiger partial charge in [0.15, 0.2) is 5.58 Å². The minimum absolute atomic E-state index is 0.349. The molecule has 1 unspecified atom stereocenters. The highest BCUT2D eigenvalue weighted by atomic mass is 35.5. The highest BCUT2D eigenvalue weighted by Crippen LogP contribution is 2.35. The first-order chi connectivity index (χ1) is 11.5. The first kappa shape index (κ1) is 16.8. The summed E-state index contributed by atoms with van der Waals surface area (Å²) < 4.78 is 10.6. The second-order valence-corrected chi connectivity index (χ2v) is 6.43. The number of fused-ring (bicyclic) bond motifs is 1. The molecule has 3 rings (SSSR count). The van der Waals surface area contributed by atoms with Crippen molar-refractivity contribution in [2.24, 2.45) is 5.41 Å². The van der Waals surface area contributed by atoms with Crippen LogP contribution in [0.1, 0.15) is 30.1 Å². The first-order valence-corrected chi connectivity index (χ1v) is 8.11. The monoisotopic (exact) mass is 351 g/mol. The van der Waals surface area contributed by atoms with Crippen LogP contribution < -0.4 is 5.32 Å². The van der Waals surface area contributed by atoms with Gasteiger partial charge in [-0.1, -0.05) is 11.6 Å². The average molecular weight is 352 g/mol. The van der Waals surface area contributed by atoms with Crippen LogP contribution in [0.15, 0.2) is 28.9 Å². The number of hydrogen-bond acceptors (Lipinski definition) is 4. The number of nitrogens with one attached hydrogen (secondary N) is 1. The number of carboxylic acid groups (broad SMARTS) is 1. The third-order valence-corrected chi connectivity index (χ3v) is 5.10. The average Bonchev–Trinajstić information content (AvgIpc) is 3.06. The van der Waals surface area contributed by atoms with Crippen molar-refractivity contribution in [1.82, 2.24) is 5.32 Å². The molecule has 0 spiro atoms. The number of carbonyl (C=O) groups excluding carboxylic acids is 1. The quantitative estimate of drug-likeness (QED) is 0.883. The second kappa shape index (κ2) is 6.45. The van der Waals surface area contributed by atoms with Crippen molar-refractivity contribution in [2.75, 3.05) is 13.2 Å². The number of furan rings is 1. The highest BCUT2D eigenvalue weighted by molar-refractivity contribution is 6.35. The van der Waals surface area contributed by atoms with Crippen molar-refractivity contribution in [3.8, 4) is 0 Å². The summed E-state index contributed by atoms with van der Waals surface area (Å²) in [5.74, 6) is -1.26. The first-order valence-electron chi connectivity index (χ1n) is 7.73. The molecule has 0 saturated carbocycles. The van der Waals surface area contributed by atoms with E-state index in [-0.39, 0.29) is 5.91 Å². The van der Waals surface area contributed by atoms with Crippen LogP contribution >= 0.6 is 11.6 Å². The maximum Gasteiger partial charge on any atom is 0.311 e. The smallest absolute Gasteiger partial charge is 0.311 e. The molecule has 1 atom stereocenters. The van der Waals surface area contributed by atoms with Gasteiger partial charge in [-0.3, -0.25) is 9.59 Å². The van der Waals surface area contributed by atoms with E-state index in [0.717, 1.165) is 0 Å². The maximum atomic E-state index is 12.7. The third kappa shape index (κ3) is 2.76. The summed E-state index contributed by atoms with van der Waals surface area (Å²) >= 11 is 6.05. The molecule has 0 bridgehead atoms. The van der Waals surface area contributed by atoms with Crippen LogP contribution in [0.4, 0.5) is 0 Å². The summed E-state index contributed by atoms with van der Waals surface area (Å²) in [4.78, 5) is 24.5. The number of rotatable bonds is 4. The molecule has 128 valence electrons. The van der Waals surface area contributed by atoms with Crippen LogP contribution in [-0.2, 0) is 9.53 Å². The van der Waals surface area contributed by atoms with E-state index < -0.39 is 17.4 Å². The Morgan fingerprint density at radius 2 is 2.00 bits per heavy atom. The molecule has 7 heteroatoms. The Balaban J connectivity index is 1.86. The molecule has 1 aromatic carbocycles. The number of ether oxygens (including phenoxy) is 1. The lowest BCUT2D eigenvalue weighted by Crippen LogP contribution is -2.53. The molecule has 1 amide bonds. The number of hydrogen-bond donors (Lipinski definition) is 2. The van der Waals surface area contributed by atoms with Gasteiger partial charge in [0, 0.05) is 24.6 Å². The van der Waals surface area contributed by atoms with Crippen LogP contribution in [0.3, 0.4) is 0 Å². The second-order valence-electron chi connectivity index (χ2n) is 6.03. The van der Waals surface area contributed by atoms with Crippen LogP contribution in [0, 0.1) is 5.41 Å². The van der Waals surface area contributed by atoms with Gasteiger partial charge in [-0.2, -0.15) is 0 Å². The molecule has 0 radical (unpaired) electrons. The van der Waals surface area contributed by atoms with Crippen LogP contribution in [0.2, 0.25) is 5.02 Å². The van der Waals surface area contributed by atoms with Gasteiger partial charge >= 0.3 is 5.97 Å². The molecule has 24 heavy (non-hydrogen) atoms. The predicted molar refractivity (Wildman–Crippen MR) is 88.3 cm³/mol. The van der Waals surface area contributed by atoms with E-state index in [4.69, 9.17) is 20.8 Å². The number of benzene rings is 1. The molecular formula is C17H18ClNO5. The summed E-state index contributed by atoms with van der Waals surface area (Å²) in [6, 6.07) is 4.33. The zero-order valence-electron chi connectivity index (χ0n) is 13.2. The molecule has 1 aromatic heterocycles. The van der Waals surface area contributed by atoms with Gasteiger partial charge in [0.1, 0.15) is 0 Å². The Kier molecular flexibility index (Phi) is 4.51. The van der Waals surface area contributed by atoms with Gasteiger partial charge in [0.25, 0.3) is 5.91 Å². The van der Waals surface area contributed by atoms with Crippen molar-refractivity contribution in [1.29, 1.82) is 0 Å². The van der Waals surface area contributed by atoms with E-state index in [1.165, 1.54) is 6.26 Å². The molecule has 1 fully saturated rings. The van der Waals surface area contributed by atoms with E-state index in [1.807, 2.05) is 0 Å².